The highest BCUT2D eigenvalue weighted by Crippen LogP contribution is 2.32. The molecule has 0 spiro atoms. The minimum Gasteiger partial charge on any atom is -0.207 e. The van der Waals surface area contributed by atoms with Crippen LogP contribution in [-0.2, 0) is 0 Å². The summed E-state index contributed by atoms with van der Waals surface area (Å²) in [5.74, 6) is -0.875. The molecule has 0 aliphatic heterocycles. The lowest BCUT2D eigenvalue weighted by molar-refractivity contribution is 0.588. The van der Waals surface area contributed by atoms with Gasteiger partial charge in [-0.25, -0.2) is 8.78 Å². The fourth-order valence-corrected chi connectivity index (χ4v) is 3.38. The summed E-state index contributed by atoms with van der Waals surface area (Å²) in [6, 6.07) is 3.93. The van der Waals surface area contributed by atoms with Crippen molar-refractivity contribution in [3.05, 3.63) is 29.8 Å². The van der Waals surface area contributed by atoms with Crippen LogP contribution in [0.2, 0.25) is 0 Å². The first-order valence-electron chi connectivity index (χ1n) is 5.81. The molecule has 0 heterocycles. The van der Waals surface area contributed by atoms with E-state index in [0.717, 1.165) is 18.6 Å². The molecular weight excluding hydrogens is 225 g/mol. The molecule has 3 heteroatoms. The van der Waals surface area contributed by atoms with Crippen LogP contribution >= 0.6 is 7.92 Å². The van der Waals surface area contributed by atoms with E-state index in [1.807, 2.05) is 0 Å². The molecule has 0 fully saturated rings. The van der Waals surface area contributed by atoms with E-state index in [1.54, 1.807) is 6.07 Å². The largest absolute Gasteiger partial charge is 0.207 e. The smallest absolute Gasteiger partial charge is 0.133 e. The van der Waals surface area contributed by atoms with Gasteiger partial charge < -0.3 is 0 Å². The van der Waals surface area contributed by atoms with Gasteiger partial charge in [0.2, 0.25) is 0 Å². The molecule has 0 aliphatic carbocycles. The maximum atomic E-state index is 13.5. The van der Waals surface area contributed by atoms with Gasteiger partial charge in [-0.1, -0.05) is 34.1 Å². The zero-order valence-corrected chi connectivity index (χ0v) is 10.9. The topological polar surface area (TPSA) is 0 Å². The molecule has 1 rings (SSSR count). The first-order chi connectivity index (χ1) is 7.65. The average Bonchev–Trinajstić information content (AvgIpc) is 2.24. The third-order valence-electron chi connectivity index (χ3n) is 2.67. The number of halogens is 2. The quantitative estimate of drug-likeness (QED) is 0.517. The lowest BCUT2D eigenvalue weighted by Crippen LogP contribution is -2.08. The van der Waals surface area contributed by atoms with Crippen LogP contribution in [0.15, 0.2) is 18.2 Å². The van der Waals surface area contributed by atoms with E-state index in [-0.39, 0.29) is 5.82 Å². The van der Waals surface area contributed by atoms with Gasteiger partial charge in [0.05, 0.1) is 0 Å². The van der Waals surface area contributed by atoms with Crippen molar-refractivity contribution in [1.82, 2.24) is 0 Å². The number of rotatable bonds is 6. The Hall–Kier alpha value is -0.490. The van der Waals surface area contributed by atoms with Gasteiger partial charge in [-0.05, 0) is 31.4 Å². The molecular formula is C13H19F2P. The van der Waals surface area contributed by atoms with Gasteiger partial charge in [0, 0.05) is 11.4 Å². The summed E-state index contributed by atoms with van der Waals surface area (Å²) in [5.41, 5.74) is 0. The Morgan fingerprint density at radius 1 is 1.12 bits per heavy atom. The number of unbranched alkanes of at least 4 members (excludes halogenated alkanes) is 3. The molecule has 0 saturated heterocycles. The second-order valence-corrected chi connectivity index (χ2v) is 6.40. The number of hydrogen-bond donors (Lipinski definition) is 0. The van der Waals surface area contributed by atoms with Gasteiger partial charge >= 0.3 is 0 Å². The maximum Gasteiger partial charge on any atom is 0.133 e. The summed E-state index contributed by atoms with van der Waals surface area (Å²) in [7, 11) is -0.467. The van der Waals surface area contributed by atoms with E-state index in [0.29, 0.717) is 5.30 Å². The van der Waals surface area contributed by atoms with Gasteiger partial charge in [-0.15, -0.1) is 0 Å². The third kappa shape index (κ3) is 4.17. The van der Waals surface area contributed by atoms with Gasteiger partial charge in [0.15, 0.2) is 0 Å². The minimum absolute atomic E-state index is 0.385. The molecule has 0 nitrogen and oxygen atoms in total. The van der Waals surface area contributed by atoms with Crippen LogP contribution in [0.3, 0.4) is 0 Å². The Labute approximate surface area is 97.8 Å². The van der Waals surface area contributed by atoms with E-state index >= 15 is 0 Å². The molecule has 0 saturated carbocycles. The summed E-state index contributed by atoms with van der Waals surface area (Å²) in [6.45, 7) is 4.24. The third-order valence-corrected chi connectivity index (χ3v) is 4.84. The summed E-state index contributed by atoms with van der Waals surface area (Å²) in [6.07, 6.45) is 5.86. The van der Waals surface area contributed by atoms with Crippen molar-refractivity contribution in [3.63, 3.8) is 0 Å². The predicted molar refractivity (Wildman–Crippen MR) is 67.8 cm³/mol. The lowest BCUT2D eigenvalue weighted by atomic mass is 10.2. The van der Waals surface area contributed by atoms with Gasteiger partial charge in [-0.3, -0.25) is 0 Å². The molecule has 1 aromatic carbocycles. The van der Waals surface area contributed by atoms with E-state index in [2.05, 4.69) is 13.6 Å². The zero-order valence-electron chi connectivity index (χ0n) is 9.97. The van der Waals surface area contributed by atoms with E-state index in [1.165, 1.54) is 25.3 Å². The average molecular weight is 244 g/mol. The van der Waals surface area contributed by atoms with E-state index in [4.69, 9.17) is 0 Å². The van der Waals surface area contributed by atoms with Crippen LogP contribution < -0.4 is 5.30 Å². The second kappa shape index (κ2) is 6.96. The van der Waals surface area contributed by atoms with E-state index in [9.17, 15) is 8.78 Å². The number of benzene rings is 1. The standard InChI is InChI=1S/C13H19F2P/c1-3-4-5-6-9-16(2)13-8-7-11(14)10-12(13)15/h7-8,10H,3-6,9H2,1-2H3. The Kier molecular flexibility index (Phi) is 5.90. The van der Waals surface area contributed by atoms with Crippen LogP contribution in [0.1, 0.15) is 32.6 Å². The molecule has 0 bridgehead atoms. The highest BCUT2D eigenvalue weighted by molar-refractivity contribution is 7.64. The zero-order chi connectivity index (χ0) is 12.0. The van der Waals surface area contributed by atoms with Gasteiger partial charge in [0.25, 0.3) is 0 Å². The molecule has 0 radical (unpaired) electrons. The van der Waals surface area contributed by atoms with E-state index < -0.39 is 13.7 Å². The van der Waals surface area contributed by atoms with Crippen LogP contribution in [0.5, 0.6) is 0 Å². The summed E-state index contributed by atoms with van der Waals surface area (Å²) < 4.78 is 26.2. The van der Waals surface area contributed by atoms with Gasteiger partial charge in [-0.2, -0.15) is 0 Å². The monoisotopic (exact) mass is 244 g/mol. The van der Waals surface area contributed by atoms with Gasteiger partial charge in [0.1, 0.15) is 11.6 Å². The van der Waals surface area contributed by atoms with Crippen LogP contribution in [0.25, 0.3) is 0 Å². The molecule has 0 aliphatic rings. The number of hydrogen-bond acceptors (Lipinski definition) is 0. The van der Waals surface area contributed by atoms with Crippen LogP contribution in [0, 0.1) is 11.6 Å². The second-order valence-electron chi connectivity index (χ2n) is 4.08. The highest BCUT2D eigenvalue weighted by Gasteiger charge is 2.10. The molecule has 0 aromatic heterocycles. The fraction of sp³-hybridized carbons (Fsp3) is 0.538. The van der Waals surface area contributed by atoms with Crippen molar-refractivity contribution in [3.8, 4) is 0 Å². The summed E-state index contributed by atoms with van der Waals surface area (Å²) >= 11 is 0. The Balaban J connectivity index is 2.49. The summed E-state index contributed by atoms with van der Waals surface area (Å²) in [4.78, 5) is 0. The maximum absolute atomic E-state index is 13.5. The van der Waals surface area contributed by atoms with Crippen LogP contribution in [-0.4, -0.2) is 12.8 Å². The van der Waals surface area contributed by atoms with Crippen molar-refractivity contribution in [2.24, 2.45) is 0 Å². The Morgan fingerprint density at radius 2 is 1.88 bits per heavy atom. The van der Waals surface area contributed by atoms with Crippen LogP contribution in [0.4, 0.5) is 8.78 Å². The molecule has 1 aromatic rings. The van der Waals surface area contributed by atoms with Crippen molar-refractivity contribution in [1.29, 1.82) is 0 Å². The molecule has 90 valence electrons. The Bertz CT molecular complexity index is 326. The molecule has 1 unspecified atom stereocenters. The Morgan fingerprint density at radius 3 is 2.50 bits per heavy atom. The molecule has 0 amide bonds. The first kappa shape index (κ1) is 13.6. The van der Waals surface area contributed by atoms with Crippen molar-refractivity contribution in [2.45, 2.75) is 32.6 Å². The normalized spacial score (nSPS) is 12.8. The van der Waals surface area contributed by atoms with Crippen molar-refractivity contribution in [2.75, 3.05) is 12.8 Å². The molecule has 16 heavy (non-hydrogen) atoms. The van der Waals surface area contributed by atoms with Crippen molar-refractivity contribution < 1.29 is 8.78 Å². The SMILES string of the molecule is CCCCCCP(C)c1ccc(F)cc1F. The fourth-order valence-electron chi connectivity index (χ4n) is 1.69. The molecule has 0 N–H and O–H groups in total. The molecule has 1 atom stereocenters. The predicted octanol–water partition coefficient (Wildman–Crippen LogP) is 4.28. The van der Waals surface area contributed by atoms with Crippen molar-refractivity contribution >= 4 is 13.2 Å². The minimum atomic E-state index is -0.490. The first-order valence-corrected chi connectivity index (χ1v) is 7.78. The lowest BCUT2D eigenvalue weighted by Gasteiger charge is -2.13. The highest BCUT2D eigenvalue weighted by atomic mass is 31.1. The summed E-state index contributed by atoms with van der Waals surface area (Å²) in [5, 5.41) is 0.702.